The predicted molar refractivity (Wildman–Crippen MR) is 97.3 cm³/mol. The molecule has 1 heterocycles. The molecule has 1 saturated heterocycles. The molecule has 2 aromatic rings. The summed E-state index contributed by atoms with van der Waals surface area (Å²) in [7, 11) is 1.62. The fourth-order valence-corrected chi connectivity index (χ4v) is 2.98. The number of aliphatic carboxylic acids is 1. The van der Waals surface area contributed by atoms with Gasteiger partial charge in [-0.05, 0) is 35.4 Å². The van der Waals surface area contributed by atoms with Crippen molar-refractivity contribution in [3.8, 4) is 16.9 Å². The van der Waals surface area contributed by atoms with Crippen molar-refractivity contribution in [2.75, 3.05) is 31.8 Å². The number of anilines is 1. The van der Waals surface area contributed by atoms with Gasteiger partial charge < -0.3 is 19.5 Å². The van der Waals surface area contributed by atoms with Gasteiger partial charge in [0.2, 0.25) is 5.91 Å². The van der Waals surface area contributed by atoms with Crippen LogP contribution in [-0.4, -0.2) is 43.9 Å². The first-order chi connectivity index (χ1) is 12.6. The monoisotopic (exact) mass is 355 g/mol. The molecule has 0 aliphatic carbocycles. The quantitative estimate of drug-likeness (QED) is 0.773. The average Bonchev–Trinajstić information content (AvgIpc) is 3.04. The Bertz CT molecular complexity index is 804. The Morgan fingerprint density at radius 2 is 1.88 bits per heavy atom. The SMILES string of the molecule is COCCOc1cccc(-c2cccc(N3CC(C(=O)O)CC3=O)c2)c1. The third-order valence-electron chi connectivity index (χ3n) is 4.36. The lowest BCUT2D eigenvalue weighted by Gasteiger charge is -2.17. The summed E-state index contributed by atoms with van der Waals surface area (Å²) in [6.45, 7) is 1.19. The van der Waals surface area contributed by atoms with Crippen LogP contribution in [0, 0.1) is 5.92 Å². The second-order valence-electron chi connectivity index (χ2n) is 6.16. The van der Waals surface area contributed by atoms with Crippen LogP contribution in [0.15, 0.2) is 48.5 Å². The number of benzene rings is 2. The molecular weight excluding hydrogens is 334 g/mol. The van der Waals surface area contributed by atoms with Crippen molar-refractivity contribution in [2.45, 2.75) is 6.42 Å². The number of carboxylic acid groups (broad SMARTS) is 1. The summed E-state index contributed by atoms with van der Waals surface area (Å²) in [5.41, 5.74) is 2.61. The lowest BCUT2D eigenvalue weighted by molar-refractivity contribution is -0.141. The van der Waals surface area contributed by atoms with Crippen molar-refractivity contribution < 1.29 is 24.2 Å². The number of methoxy groups -OCH3 is 1. The third-order valence-corrected chi connectivity index (χ3v) is 4.36. The van der Waals surface area contributed by atoms with E-state index < -0.39 is 11.9 Å². The number of carbonyl (C=O) groups is 2. The molecule has 3 rings (SSSR count). The van der Waals surface area contributed by atoms with Crippen LogP contribution in [0.5, 0.6) is 5.75 Å². The predicted octanol–water partition coefficient (Wildman–Crippen LogP) is 2.82. The van der Waals surface area contributed by atoms with E-state index in [0.717, 1.165) is 16.9 Å². The summed E-state index contributed by atoms with van der Waals surface area (Å²) in [6, 6.07) is 15.2. The molecule has 6 heteroatoms. The van der Waals surface area contributed by atoms with E-state index in [1.54, 1.807) is 12.0 Å². The van der Waals surface area contributed by atoms with Gasteiger partial charge in [0.15, 0.2) is 0 Å². The molecule has 0 radical (unpaired) electrons. The Kier molecular flexibility index (Phi) is 5.53. The molecule has 1 unspecified atom stereocenters. The summed E-state index contributed by atoms with van der Waals surface area (Å²) in [5.74, 6) is -0.999. The van der Waals surface area contributed by atoms with Gasteiger partial charge in [0.1, 0.15) is 12.4 Å². The van der Waals surface area contributed by atoms with Crippen LogP contribution in [0.1, 0.15) is 6.42 Å². The Morgan fingerprint density at radius 3 is 2.58 bits per heavy atom. The van der Waals surface area contributed by atoms with Gasteiger partial charge >= 0.3 is 5.97 Å². The van der Waals surface area contributed by atoms with E-state index in [0.29, 0.717) is 18.9 Å². The number of carboxylic acids is 1. The molecule has 1 aliphatic rings. The molecule has 1 N–H and O–H groups in total. The minimum Gasteiger partial charge on any atom is -0.491 e. The molecule has 6 nitrogen and oxygen atoms in total. The van der Waals surface area contributed by atoms with Crippen LogP contribution in [0.3, 0.4) is 0 Å². The first-order valence-electron chi connectivity index (χ1n) is 8.44. The summed E-state index contributed by atoms with van der Waals surface area (Å²) in [4.78, 5) is 24.9. The second-order valence-corrected chi connectivity index (χ2v) is 6.16. The Balaban J connectivity index is 1.80. The first kappa shape index (κ1) is 17.9. The topological polar surface area (TPSA) is 76.1 Å². The lowest BCUT2D eigenvalue weighted by Crippen LogP contribution is -2.25. The molecular formula is C20H21NO5. The van der Waals surface area contributed by atoms with E-state index in [9.17, 15) is 9.59 Å². The fraction of sp³-hybridized carbons (Fsp3) is 0.300. The number of carbonyl (C=O) groups excluding carboxylic acids is 1. The second kappa shape index (κ2) is 8.01. The highest BCUT2D eigenvalue weighted by molar-refractivity contribution is 5.99. The number of amides is 1. The van der Waals surface area contributed by atoms with Crippen LogP contribution in [0.4, 0.5) is 5.69 Å². The molecule has 0 saturated carbocycles. The summed E-state index contributed by atoms with van der Waals surface area (Å²) >= 11 is 0. The first-order valence-corrected chi connectivity index (χ1v) is 8.44. The van der Waals surface area contributed by atoms with Crippen LogP contribution in [0.25, 0.3) is 11.1 Å². The van der Waals surface area contributed by atoms with E-state index >= 15 is 0 Å². The maximum Gasteiger partial charge on any atom is 0.308 e. The van der Waals surface area contributed by atoms with Gasteiger partial charge in [-0.3, -0.25) is 9.59 Å². The Labute approximate surface area is 152 Å². The molecule has 0 bridgehead atoms. The van der Waals surface area contributed by atoms with Gasteiger partial charge in [0.25, 0.3) is 0 Å². The van der Waals surface area contributed by atoms with Crippen LogP contribution in [0.2, 0.25) is 0 Å². The zero-order valence-corrected chi connectivity index (χ0v) is 14.6. The minimum atomic E-state index is -0.932. The number of hydrogen-bond acceptors (Lipinski definition) is 4. The van der Waals surface area contributed by atoms with E-state index in [2.05, 4.69) is 0 Å². The highest BCUT2D eigenvalue weighted by atomic mass is 16.5. The Hall–Kier alpha value is -2.86. The molecule has 1 aliphatic heterocycles. The van der Waals surface area contributed by atoms with Crippen molar-refractivity contribution in [3.63, 3.8) is 0 Å². The van der Waals surface area contributed by atoms with Gasteiger partial charge in [0.05, 0.1) is 12.5 Å². The lowest BCUT2D eigenvalue weighted by atomic mass is 10.0. The highest BCUT2D eigenvalue weighted by Crippen LogP contribution is 2.30. The molecule has 136 valence electrons. The van der Waals surface area contributed by atoms with Crippen molar-refractivity contribution >= 4 is 17.6 Å². The molecule has 0 aromatic heterocycles. The number of nitrogens with zero attached hydrogens (tertiary/aromatic N) is 1. The molecule has 0 spiro atoms. The van der Waals surface area contributed by atoms with Crippen molar-refractivity contribution in [2.24, 2.45) is 5.92 Å². The van der Waals surface area contributed by atoms with Crippen LogP contribution >= 0.6 is 0 Å². The Morgan fingerprint density at radius 1 is 1.15 bits per heavy atom. The van der Waals surface area contributed by atoms with Crippen molar-refractivity contribution in [3.05, 3.63) is 48.5 Å². The summed E-state index contributed by atoms with van der Waals surface area (Å²) in [5, 5.41) is 9.15. The standard InChI is InChI=1S/C20H21NO5/c1-25-8-9-26-18-7-3-5-15(11-18)14-4-2-6-17(10-14)21-13-16(20(23)24)12-19(21)22/h2-7,10-11,16H,8-9,12-13H2,1H3,(H,23,24). The van der Waals surface area contributed by atoms with Crippen molar-refractivity contribution in [1.82, 2.24) is 0 Å². The van der Waals surface area contributed by atoms with Gasteiger partial charge in [-0.2, -0.15) is 0 Å². The smallest absolute Gasteiger partial charge is 0.308 e. The number of rotatable bonds is 7. The maximum atomic E-state index is 12.2. The fourth-order valence-electron chi connectivity index (χ4n) is 2.98. The van der Waals surface area contributed by atoms with Crippen molar-refractivity contribution in [1.29, 1.82) is 0 Å². The normalized spacial score (nSPS) is 16.7. The molecule has 1 atom stereocenters. The molecule has 2 aromatic carbocycles. The van der Waals surface area contributed by atoms with E-state index in [-0.39, 0.29) is 18.9 Å². The maximum absolute atomic E-state index is 12.2. The average molecular weight is 355 g/mol. The van der Waals surface area contributed by atoms with E-state index in [1.165, 1.54) is 0 Å². The van der Waals surface area contributed by atoms with E-state index in [1.807, 2.05) is 48.5 Å². The molecule has 1 amide bonds. The van der Waals surface area contributed by atoms with Gasteiger partial charge in [-0.25, -0.2) is 0 Å². The molecule has 26 heavy (non-hydrogen) atoms. The van der Waals surface area contributed by atoms with E-state index in [4.69, 9.17) is 14.6 Å². The summed E-state index contributed by atoms with van der Waals surface area (Å²) in [6.07, 6.45) is 0.0440. The van der Waals surface area contributed by atoms with Gasteiger partial charge in [-0.15, -0.1) is 0 Å². The third kappa shape index (κ3) is 4.03. The van der Waals surface area contributed by atoms with Crippen LogP contribution in [-0.2, 0) is 14.3 Å². The van der Waals surface area contributed by atoms with Gasteiger partial charge in [-0.1, -0.05) is 24.3 Å². The molecule has 1 fully saturated rings. The minimum absolute atomic E-state index is 0.0440. The zero-order chi connectivity index (χ0) is 18.5. The number of hydrogen-bond donors (Lipinski definition) is 1. The number of ether oxygens (including phenoxy) is 2. The largest absolute Gasteiger partial charge is 0.491 e. The summed E-state index contributed by atoms with van der Waals surface area (Å²) < 4.78 is 10.6. The van der Waals surface area contributed by atoms with Crippen LogP contribution < -0.4 is 9.64 Å². The highest BCUT2D eigenvalue weighted by Gasteiger charge is 2.35. The van der Waals surface area contributed by atoms with Gasteiger partial charge in [0, 0.05) is 25.8 Å². The zero-order valence-electron chi connectivity index (χ0n) is 14.6.